The fourth-order valence-electron chi connectivity index (χ4n) is 2.51. The van der Waals surface area contributed by atoms with E-state index in [0.717, 1.165) is 12.8 Å². The fourth-order valence-corrected chi connectivity index (χ4v) is 2.51. The number of likely N-dealkylation sites (tertiary alicyclic amines) is 1. The molecule has 0 aliphatic carbocycles. The summed E-state index contributed by atoms with van der Waals surface area (Å²) in [6.45, 7) is 16.9. The predicted octanol–water partition coefficient (Wildman–Crippen LogP) is 4.78. The van der Waals surface area contributed by atoms with E-state index < -0.39 is 16.6 Å². The van der Waals surface area contributed by atoms with Crippen LogP contribution in [0.25, 0.3) is 0 Å². The van der Waals surface area contributed by atoms with Crippen LogP contribution in [0.3, 0.4) is 0 Å². The zero-order valence-electron chi connectivity index (χ0n) is 17.4. The molecule has 146 valence electrons. The molecule has 0 unspecified atom stereocenters. The van der Waals surface area contributed by atoms with Crippen LogP contribution in [0.5, 0.6) is 0 Å². The molecular weight excluding hydrogens is 318 g/mol. The molecule has 0 N–H and O–H groups in total. The minimum Gasteiger partial charge on any atom is -0.459 e. The third kappa shape index (κ3) is 5.35. The third-order valence-electron chi connectivity index (χ3n) is 6.06. The molecule has 0 bridgehead atoms. The number of carbonyl (C=O) groups excluding carboxylic acids is 2. The Hall–Kier alpha value is -1.26. The van der Waals surface area contributed by atoms with Crippen LogP contribution >= 0.6 is 0 Å². The van der Waals surface area contributed by atoms with Gasteiger partial charge in [0.05, 0.1) is 5.41 Å². The lowest BCUT2D eigenvalue weighted by molar-refractivity contribution is -0.176. The molecule has 1 heterocycles. The molecule has 1 rings (SSSR count). The molecule has 5 heteroatoms. The Morgan fingerprint density at radius 1 is 1.08 bits per heavy atom. The van der Waals surface area contributed by atoms with E-state index in [1.807, 2.05) is 55.4 Å². The average molecular weight is 356 g/mol. The molecule has 0 radical (unpaired) electrons. The van der Waals surface area contributed by atoms with Gasteiger partial charge in [-0.25, -0.2) is 4.79 Å². The molecule has 25 heavy (non-hydrogen) atoms. The van der Waals surface area contributed by atoms with E-state index in [1.165, 1.54) is 0 Å². The molecule has 1 saturated heterocycles. The van der Waals surface area contributed by atoms with Gasteiger partial charge in [-0.3, -0.25) is 4.79 Å². The number of hydrogen-bond acceptors (Lipinski definition) is 4. The molecule has 1 amide bonds. The Kier molecular flexibility index (Phi) is 6.94. The summed E-state index contributed by atoms with van der Waals surface area (Å²) in [4.78, 5) is 26.7. The molecule has 1 aliphatic heterocycles. The maximum atomic E-state index is 12.5. The number of amides is 1. The Balaban J connectivity index is 2.69. The van der Waals surface area contributed by atoms with Crippen molar-refractivity contribution >= 4 is 12.1 Å². The number of carbonyl (C=O) groups is 2. The lowest BCUT2D eigenvalue weighted by Gasteiger charge is -2.42. The van der Waals surface area contributed by atoms with E-state index in [0.29, 0.717) is 25.9 Å². The fraction of sp³-hybridized carbons (Fsp3) is 0.900. The first-order valence-corrected chi connectivity index (χ1v) is 9.60. The Bertz CT molecular complexity index is 474. The second-order valence-corrected chi connectivity index (χ2v) is 8.78. The topological polar surface area (TPSA) is 55.8 Å². The van der Waals surface area contributed by atoms with E-state index in [4.69, 9.17) is 9.47 Å². The van der Waals surface area contributed by atoms with Crippen molar-refractivity contribution in [2.75, 3.05) is 13.1 Å². The first-order chi connectivity index (χ1) is 11.4. The number of hydrogen-bond donors (Lipinski definition) is 0. The molecule has 0 aromatic rings. The van der Waals surface area contributed by atoms with Crippen molar-refractivity contribution in [1.82, 2.24) is 4.90 Å². The van der Waals surface area contributed by atoms with E-state index in [-0.39, 0.29) is 18.0 Å². The Morgan fingerprint density at radius 2 is 1.60 bits per heavy atom. The second kappa shape index (κ2) is 7.96. The number of ether oxygens (including phenoxy) is 2. The summed E-state index contributed by atoms with van der Waals surface area (Å²) in [5, 5.41) is 0. The Morgan fingerprint density at radius 3 is 2.00 bits per heavy atom. The molecule has 0 spiro atoms. The van der Waals surface area contributed by atoms with E-state index in [2.05, 4.69) is 0 Å². The predicted molar refractivity (Wildman–Crippen MR) is 99.4 cm³/mol. The molecule has 1 fully saturated rings. The van der Waals surface area contributed by atoms with Crippen LogP contribution in [0, 0.1) is 11.3 Å². The highest BCUT2D eigenvalue weighted by molar-refractivity contribution is 5.76. The maximum absolute atomic E-state index is 12.5. The van der Waals surface area contributed by atoms with Crippen LogP contribution in [0.1, 0.15) is 81.1 Å². The minimum atomic E-state index is -0.492. The van der Waals surface area contributed by atoms with Gasteiger partial charge in [-0.2, -0.15) is 0 Å². The Labute approximate surface area is 153 Å². The van der Waals surface area contributed by atoms with Gasteiger partial charge < -0.3 is 14.4 Å². The van der Waals surface area contributed by atoms with Gasteiger partial charge in [-0.15, -0.1) is 0 Å². The quantitative estimate of drug-likeness (QED) is 0.643. The summed E-state index contributed by atoms with van der Waals surface area (Å²) in [6.07, 6.45) is 2.55. The van der Waals surface area contributed by atoms with Gasteiger partial charge in [0.2, 0.25) is 0 Å². The first-order valence-electron chi connectivity index (χ1n) is 9.60. The normalized spacial score (nSPS) is 18.2. The van der Waals surface area contributed by atoms with Crippen LogP contribution in [0.2, 0.25) is 0 Å². The lowest BCUT2D eigenvalue weighted by atomic mass is 9.86. The zero-order valence-corrected chi connectivity index (χ0v) is 17.4. The summed E-state index contributed by atoms with van der Waals surface area (Å²) in [7, 11) is 0. The summed E-state index contributed by atoms with van der Waals surface area (Å²) in [5.74, 6) is 0.0991. The largest absolute Gasteiger partial charge is 0.459 e. The second-order valence-electron chi connectivity index (χ2n) is 8.78. The van der Waals surface area contributed by atoms with Crippen molar-refractivity contribution in [2.45, 2.75) is 92.3 Å². The van der Waals surface area contributed by atoms with Crippen molar-refractivity contribution in [3.8, 4) is 0 Å². The van der Waals surface area contributed by atoms with Crippen molar-refractivity contribution in [1.29, 1.82) is 0 Å². The van der Waals surface area contributed by atoms with Crippen molar-refractivity contribution in [2.24, 2.45) is 11.3 Å². The van der Waals surface area contributed by atoms with E-state index in [1.54, 1.807) is 4.90 Å². The molecule has 0 aromatic carbocycles. The average Bonchev–Trinajstić information content (AvgIpc) is 2.54. The highest BCUT2D eigenvalue weighted by Gasteiger charge is 2.42. The molecule has 5 nitrogen and oxygen atoms in total. The monoisotopic (exact) mass is 355 g/mol. The van der Waals surface area contributed by atoms with Crippen LogP contribution in [-0.2, 0) is 14.3 Å². The van der Waals surface area contributed by atoms with Crippen molar-refractivity contribution in [3.63, 3.8) is 0 Å². The van der Waals surface area contributed by atoms with Crippen LogP contribution in [0.15, 0.2) is 0 Å². The van der Waals surface area contributed by atoms with Gasteiger partial charge in [-0.05, 0) is 46.5 Å². The van der Waals surface area contributed by atoms with Gasteiger partial charge in [0.25, 0.3) is 0 Å². The van der Waals surface area contributed by atoms with Crippen molar-refractivity contribution in [3.05, 3.63) is 0 Å². The molecule has 0 aromatic heterocycles. The van der Waals surface area contributed by atoms with Gasteiger partial charge in [-0.1, -0.05) is 27.7 Å². The standard InChI is InChI=1S/C20H37NO4/c1-9-18(5,6)16(22)24-20(10-2)11-13-21(14-12-20)17(23)25-19(7,8)15(3)4/h15H,9-14H2,1-8H3. The maximum Gasteiger partial charge on any atom is 0.410 e. The highest BCUT2D eigenvalue weighted by Crippen LogP contribution is 2.34. The van der Waals surface area contributed by atoms with E-state index in [9.17, 15) is 9.59 Å². The molecule has 0 saturated carbocycles. The van der Waals surface area contributed by atoms with Gasteiger partial charge in [0, 0.05) is 25.9 Å². The van der Waals surface area contributed by atoms with Crippen molar-refractivity contribution < 1.29 is 19.1 Å². The summed E-state index contributed by atoms with van der Waals surface area (Å²) >= 11 is 0. The highest BCUT2D eigenvalue weighted by atomic mass is 16.6. The van der Waals surface area contributed by atoms with E-state index >= 15 is 0 Å². The number of rotatable bonds is 6. The SMILES string of the molecule is CCC1(OC(=O)C(C)(C)CC)CCN(C(=O)OC(C)(C)C(C)C)CC1. The van der Waals surface area contributed by atoms with Crippen LogP contribution in [-0.4, -0.2) is 41.3 Å². The van der Waals surface area contributed by atoms with Gasteiger partial charge in [0.15, 0.2) is 0 Å². The summed E-state index contributed by atoms with van der Waals surface area (Å²) in [5.41, 5.74) is -1.43. The third-order valence-corrected chi connectivity index (χ3v) is 6.06. The zero-order chi connectivity index (χ0) is 19.5. The minimum absolute atomic E-state index is 0.145. The number of esters is 1. The first kappa shape index (κ1) is 21.8. The van der Waals surface area contributed by atoms with Gasteiger partial charge >= 0.3 is 12.1 Å². The lowest BCUT2D eigenvalue weighted by Crippen LogP contribution is -2.51. The number of nitrogens with zero attached hydrogens (tertiary/aromatic N) is 1. The smallest absolute Gasteiger partial charge is 0.410 e. The molecule has 0 atom stereocenters. The van der Waals surface area contributed by atoms with Crippen LogP contribution in [0.4, 0.5) is 4.79 Å². The van der Waals surface area contributed by atoms with Crippen LogP contribution < -0.4 is 0 Å². The molecular formula is C20H37NO4. The number of piperidine rings is 1. The molecule has 1 aliphatic rings. The summed E-state index contributed by atoms with van der Waals surface area (Å²) < 4.78 is 11.6. The van der Waals surface area contributed by atoms with Gasteiger partial charge in [0.1, 0.15) is 11.2 Å². The summed E-state index contributed by atoms with van der Waals surface area (Å²) in [6, 6.07) is 0.